The topological polar surface area (TPSA) is 42.0 Å². The molecule has 104 valence electrons. The SMILES string of the molecule is O=C(NCC1CCCC1Cl)c1ccnc2ccccc12. The molecule has 1 aliphatic rings. The molecule has 1 saturated carbocycles. The predicted octanol–water partition coefficient (Wildman–Crippen LogP) is 3.37. The molecule has 1 aromatic carbocycles. The number of para-hydroxylation sites is 1. The van der Waals surface area contributed by atoms with Gasteiger partial charge < -0.3 is 5.32 Å². The Morgan fingerprint density at radius 3 is 2.95 bits per heavy atom. The van der Waals surface area contributed by atoms with Crippen LogP contribution in [0.15, 0.2) is 36.5 Å². The minimum Gasteiger partial charge on any atom is -0.352 e. The van der Waals surface area contributed by atoms with E-state index in [0.29, 0.717) is 18.0 Å². The van der Waals surface area contributed by atoms with Gasteiger partial charge in [0.2, 0.25) is 0 Å². The van der Waals surface area contributed by atoms with Crippen molar-refractivity contribution in [3.8, 4) is 0 Å². The molecule has 2 aromatic rings. The van der Waals surface area contributed by atoms with Crippen LogP contribution in [0.4, 0.5) is 0 Å². The van der Waals surface area contributed by atoms with Gasteiger partial charge >= 0.3 is 0 Å². The van der Waals surface area contributed by atoms with Crippen LogP contribution in [-0.4, -0.2) is 22.8 Å². The first-order chi connectivity index (χ1) is 9.75. The quantitative estimate of drug-likeness (QED) is 0.880. The zero-order valence-electron chi connectivity index (χ0n) is 11.2. The Morgan fingerprint density at radius 2 is 2.15 bits per heavy atom. The van der Waals surface area contributed by atoms with Crippen LogP contribution < -0.4 is 5.32 Å². The Kier molecular flexibility index (Phi) is 3.88. The maximum Gasteiger partial charge on any atom is 0.252 e. The molecule has 0 spiro atoms. The third-order valence-electron chi connectivity index (χ3n) is 3.98. The normalized spacial score (nSPS) is 22.1. The minimum atomic E-state index is -0.0423. The van der Waals surface area contributed by atoms with Crippen LogP contribution in [0.3, 0.4) is 0 Å². The molecule has 0 radical (unpaired) electrons. The van der Waals surface area contributed by atoms with Crippen molar-refractivity contribution in [3.63, 3.8) is 0 Å². The highest BCUT2D eigenvalue weighted by atomic mass is 35.5. The van der Waals surface area contributed by atoms with Crippen LogP contribution in [0.1, 0.15) is 29.6 Å². The average Bonchev–Trinajstić information content (AvgIpc) is 2.89. The standard InChI is InChI=1S/C16H17ClN2O/c17-14-6-3-4-11(14)10-19-16(20)13-8-9-18-15-7-2-1-5-12(13)15/h1-2,5,7-9,11,14H,3-4,6,10H2,(H,19,20). The van der Waals surface area contributed by atoms with Gasteiger partial charge in [0.05, 0.1) is 11.1 Å². The summed E-state index contributed by atoms with van der Waals surface area (Å²) in [4.78, 5) is 16.6. The predicted molar refractivity (Wildman–Crippen MR) is 81.1 cm³/mol. The molecule has 2 atom stereocenters. The first-order valence-corrected chi connectivity index (χ1v) is 7.45. The van der Waals surface area contributed by atoms with E-state index in [4.69, 9.17) is 11.6 Å². The van der Waals surface area contributed by atoms with Gasteiger partial charge in [0.15, 0.2) is 0 Å². The number of hydrogen-bond donors (Lipinski definition) is 1. The molecule has 0 aliphatic heterocycles. The van der Waals surface area contributed by atoms with Crippen molar-refractivity contribution in [2.45, 2.75) is 24.6 Å². The summed E-state index contributed by atoms with van der Waals surface area (Å²) in [6.07, 6.45) is 5.00. The van der Waals surface area contributed by atoms with E-state index < -0.39 is 0 Å². The zero-order valence-corrected chi connectivity index (χ0v) is 11.9. The van der Waals surface area contributed by atoms with Crippen LogP contribution in [0.25, 0.3) is 10.9 Å². The van der Waals surface area contributed by atoms with E-state index in [1.54, 1.807) is 12.3 Å². The number of carbonyl (C=O) groups is 1. The molecule has 1 aromatic heterocycles. The van der Waals surface area contributed by atoms with Crippen LogP contribution in [0, 0.1) is 5.92 Å². The van der Waals surface area contributed by atoms with E-state index in [9.17, 15) is 4.79 Å². The van der Waals surface area contributed by atoms with Crippen molar-refractivity contribution in [3.05, 3.63) is 42.1 Å². The zero-order chi connectivity index (χ0) is 13.9. The third-order valence-corrected chi connectivity index (χ3v) is 4.56. The summed E-state index contributed by atoms with van der Waals surface area (Å²) in [7, 11) is 0. The minimum absolute atomic E-state index is 0.0423. The molecule has 1 amide bonds. The number of halogens is 1. The third kappa shape index (κ3) is 2.63. The van der Waals surface area contributed by atoms with Gasteiger partial charge in [-0.2, -0.15) is 0 Å². The van der Waals surface area contributed by atoms with Gasteiger partial charge in [-0.05, 0) is 30.9 Å². The number of alkyl halides is 1. The monoisotopic (exact) mass is 288 g/mol. The molecular weight excluding hydrogens is 272 g/mol. The lowest BCUT2D eigenvalue weighted by Gasteiger charge is -2.15. The number of benzene rings is 1. The number of rotatable bonds is 3. The molecular formula is C16H17ClN2O. The molecule has 2 unspecified atom stereocenters. The molecule has 4 heteroatoms. The Balaban J connectivity index is 1.75. The van der Waals surface area contributed by atoms with Crippen LogP contribution in [-0.2, 0) is 0 Å². The molecule has 1 fully saturated rings. The fourth-order valence-corrected chi connectivity index (χ4v) is 3.20. The number of carbonyl (C=O) groups excluding carboxylic acids is 1. The van der Waals surface area contributed by atoms with Crippen LogP contribution in [0.2, 0.25) is 0 Å². The summed E-state index contributed by atoms with van der Waals surface area (Å²) >= 11 is 6.24. The van der Waals surface area contributed by atoms with E-state index in [0.717, 1.165) is 30.2 Å². The Hall–Kier alpha value is -1.61. The summed E-state index contributed by atoms with van der Waals surface area (Å²) in [6, 6.07) is 9.46. The molecule has 3 rings (SSSR count). The van der Waals surface area contributed by atoms with Crippen molar-refractivity contribution < 1.29 is 4.79 Å². The fourth-order valence-electron chi connectivity index (χ4n) is 2.83. The molecule has 0 saturated heterocycles. The number of pyridine rings is 1. The Morgan fingerprint density at radius 1 is 1.30 bits per heavy atom. The first kappa shape index (κ1) is 13.4. The highest BCUT2D eigenvalue weighted by molar-refractivity contribution is 6.21. The lowest BCUT2D eigenvalue weighted by molar-refractivity contribution is 0.0949. The molecule has 1 heterocycles. The van der Waals surface area contributed by atoms with Gasteiger partial charge in [-0.1, -0.05) is 24.6 Å². The number of amides is 1. The van der Waals surface area contributed by atoms with Crippen molar-refractivity contribution in [1.29, 1.82) is 0 Å². The van der Waals surface area contributed by atoms with E-state index in [-0.39, 0.29) is 11.3 Å². The molecule has 1 aliphatic carbocycles. The van der Waals surface area contributed by atoms with Crippen molar-refractivity contribution in [2.75, 3.05) is 6.54 Å². The highest BCUT2D eigenvalue weighted by Crippen LogP contribution is 2.29. The lowest BCUT2D eigenvalue weighted by atomic mass is 10.1. The van der Waals surface area contributed by atoms with Gasteiger partial charge in [0.1, 0.15) is 0 Å². The Bertz CT molecular complexity index is 623. The van der Waals surface area contributed by atoms with E-state index in [1.807, 2.05) is 24.3 Å². The van der Waals surface area contributed by atoms with Gasteiger partial charge in [-0.15, -0.1) is 11.6 Å². The Labute approximate surface area is 123 Å². The largest absolute Gasteiger partial charge is 0.352 e. The fraction of sp³-hybridized carbons (Fsp3) is 0.375. The maximum absolute atomic E-state index is 12.3. The maximum atomic E-state index is 12.3. The van der Waals surface area contributed by atoms with Crippen molar-refractivity contribution in [2.24, 2.45) is 5.92 Å². The average molecular weight is 289 g/mol. The lowest BCUT2D eigenvalue weighted by Crippen LogP contribution is -2.31. The molecule has 3 nitrogen and oxygen atoms in total. The van der Waals surface area contributed by atoms with Crippen molar-refractivity contribution >= 4 is 28.4 Å². The smallest absolute Gasteiger partial charge is 0.252 e. The second-order valence-electron chi connectivity index (χ2n) is 5.29. The summed E-state index contributed by atoms with van der Waals surface area (Å²) in [5.74, 6) is 0.355. The van der Waals surface area contributed by atoms with Gasteiger partial charge in [0.25, 0.3) is 5.91 Å². The number of fused-ring (bicyclic) bond motifs is 1. The van der Waals surface area contributed by atoms with Crippen molar-refractivity contribution in [1.82, 2.24) is 10.3 Å². The summed E-state index contributed by atoms with van der Waals surface area (Å²) in [6.45, 7) is 0.656. The number of hydrogen-bond acceptors (Lipinski definition) is 2. The van der Waals surface area contributed by atoms with E-state index >= 15 is 0 Å². The van der Waals surface area contributed by atoms with Crippen LogP contribution in [0.5, 0.6) is 0 Å². The number of nitrogens with one attached hydrogen (secondary N) is 1. The van der Waals surface area contributed by atoms with Gasteiger partial charge in [-0.25, -0.2) is 0 Å². The summed E-state index contributed by atoms with van der Waals surface area (Å²) in [5.41, 5.74) is 1.52. The number of nitrogens with zero attached hydrogens (tertiary/aromatic N) is 1. The molecule has 1 N–H and O–H groups in total. The second kappa shape index (κ2) is 5.80. The second-order valence-corrected chi connectivity index (χ2v) is 5.85. The molecule has 20 heavy (non-hydrogen) atoms. The first-order valence-electron chi connectivity index (χ1n) is 7.02. The number of aromatic nitrogens is 1. The highest BCUT2D eigenvalue weighted by Gasteiger charge is 2.25. The van der Waals surface area contributed by atoms with E-state index in [1.165, 1.54) is 0 Å². The summed E-state index contributed by atoms with van der Waals surface area (Å²) < 4.78 is 0. The van der Waals surface area contributed by atoms with Crippen LogP contribution >= 0.6 is 11.6 Å². The summed E-state index contributed by atoms with van der Waals surface area (Å²) in [5, 5.41) is 4.10. The van der Waals surface area contributed by atoms with Gasteiger partial charge in [0, 0.05) is 23.5 Å². The van der Waals surface area contributed by atoms with E-state index in [2.05, 4.69) is 10.3 Å². The van der Waals surface area contributed by atoms with Gasteiger partial charge in [-0.3, -0.25) is 9.78 Å². The molecule has 0 bridgehead atoms.